The van der Waals surface area contributed by atoms with Crippen LogP contribution in [0.4, 0.5) is 17.1 Å². The third-order valence-electron chi connectivity index (χ3n) is 3.21. The SMILES string of the molecule is O=C(Cc1ccc([N+](=O)[O-])cn1)OCc1ccc([N+](=O)[O-])cc1[N+](=O)[O-]. The maximum Gasteiger partial charge on any atom is 0.312 e. The van der Waals surface area contributed by atoms with E-state index >= 15 is 0 Å². The molecule has 0 spiro atoms. The second kappa shape index (κ2) is 7.74. The highest BCUT2D eigenvalue weighted by atomic mass is 16.6. The van der Waals surface area contributed by atoms with Crippen LogP contribution in [0.25, 0.3) is 0 Å². The van der Waals surface area contributed by atoms with Gasteiger partial charge < -0.3 is 4.74 Å². The van der Waals surface area contributed by atoms with E-state index in [0.717, 1.165) is 24.4 Å². The molecule has 0 fully saturated rings. The van der Waals surface area contributed by atoms with Gasteiger partial charge in [-0.25, -0.2) is 0 Å². The summed E-state index contributed by atoms with van der Waals surface area (Å²) in [6.45, 7) is -0.458. The molecule has 0 radical (unpaired) electrons. The molecule has 134 valence electrons. The van der Waals surface area contributed by atoms with Crippen LogP contribution in [-0.4, -0.2) is 25.7 Å². The number of benzene rings is 1. The van der Waals surface area contributed by atoms with Crippen molar-refractivity contribution < 1.29 is 24.3 Å². The lowest BCUT2D eigenvalue weighted by Gasteiger charge is -2.05. The quantitative estimate of drug-likeness (QED) is 0.406. The molecular weight excluding hydrogens is 352 g/mol. The molecule has 0 saturated heterocycles. The molecule has 0 aliphatic carbocycles. The van der Waals surface area contributed by atoms with Crippen LogP contribution >= 0.6 is 0 Å². The normalized spacial score (nSPS) is 10.2. The summed E-state index contributed by atoms with van der Waals surface area (Å²) in [5, 5.41) is 32.2. The van der Waals surface area contributed by atoms with E-state index in [2.05, 4.69) is 4.98 Å². The minimum atomic E-state index is -0.811. The first-order valence-corrected chi connectivity index (χ1v) is 6.94. The highest BCUT2D eigenvalue weighted by Crippen LogP contribution is 2.25. The number of pyridine rings is 1. The Kier molecular flexibility index (Phi) is 5.47. The summed E-state index contributed by atoms with van der Waals surface area (Å²) < 4.78 is 4.91. The number of nitro groups is 3. The lowest BCUT2D eigenvalue weighted by atomic mass is 10.1. The van der Waals surface area contributed by atoms with Crippen LogP contribution in [-0.2, 0) is 22.6 Å². The number of nitrogens with zero attached hydrogens (tertiary/aromatic N) is 4. The fraction of sp³-hybridized carbons (Fsp3) is 0.143. The van der Waals surface area contributed by atoms with Crippen molar-refractivity contribution in [1.29, 1.82) is 0 Å². The number of hydrogen-bond donors (Lipinski definition) is 0. The number of ether oxygens (including phenoxy) is 1. The molecule has 1 aromatic carbocycles. The van der Waals surface area contributed by atoms with Gasteiger partial charge in [0.2, 0.25) is 0 Å². The average molecular weight is 362 g/mol. The minimum Gasteiger partial charge on any atom is -0.460 e. The summed E-state index contributed by atoms with van der Waals surface area (Å²) in [4.78, 5) is 45.5. The first kappa shape index (κ1) is 18.4. The van der Waals surface area contributed by atoms with Crippen LogP contribution in [0.3, 0.4) is 0 Å². The molecule has 0 N–H and O–H groups in total. The molecule has 1 aromatic heterocycles. The molecule has 26 heavy (non-hydrogen) atoms. The molecule has 1 heterocycles. The Hall–Kier alpha value is -3.96. The van der Waals surface area contributed by atoms with E-state index in [1.165, 1.54) is 12.1 Å². The third kappa shape index (κ3) is 4.53. The van der Waals surface area contributed by atoms with E-state index < -0.39 is 38.7 Å². The molecule has 12 heteroatoms. The Morgan fingerprint density at radius 1 is 0.962 bits per heavy atom. The van der Waals surface area contributed by atoms with E-state index in [-0.39, 0.29) is 23.4 Å². The molecule has 2 rings (SSSR count). The van der Waals surface area contributed by atoms with Gasteiger partial charge in [-0.1, -0.05) is 0 Å². The fourth-order valence-electron chi connectivity index (χ4n) is 1.94. The van der Waals surface area contributed by atoms with Gasteiger partial charge in [-0.2, -0.15) is 0 Å². The molecule has 0 bridgehead atoms. The maximum atomic E-state index is 11.8. The van der Waals surface area contributed by atoms with Gasteiger partial charge in [0.05, 0.1) is 38.5 Å². The van der Waals surface area contributed by atoms with E-state index in [0.29, 0.717) is 0 Å². The Labute approximate surface area is 144 Å². The van der Waals surface area contributed by atoms with E-state index in [4.69, 9.17) is 4.74 Å². The summed E-state index contributed by atoms with van der Waals surface area (Å²) in [5.41, 5.74) is -1.02. The van der Waals surface area contributed by atoms with Crippen molar-refractivity contribution in [2.24, 2.45) is 0 Å². The zero-order valence-corrected chi connectivity index (χ0v) is 12.9. The molecule has 0 unspecified atom stereocenters. The standard InChI is InChI=1S/C14H10N4O8/c19-14(5-10-2-4-12(7-15-10)17(22)23)26-8-9-1-3-11(16(20)21)6-13(9)18(24)25/h1-4,6-7H,5,8H2. The fourth-order valence-corrected chi connectivity index (χ4v) is 1.94. The molecule has 0 saturated carbocycles. The van der Waals surface area contributed by atoms with Gasteiger partial charge in [0.15, 0.2) is 0 Å². The second-order valence-corrected chi connectivity index (χ2v) is 4.93. The monoisotopic (exact) mass is 362 g/mol. The van der Waals surface area contributed by atoms with Crippen molar-refractivity contribution in [3.63, 3.8) is 0 Å². The van der Waals surface area contributed by atoms with Crippen molar-refractivity contribution in [1.82, 2.24) is 4.98 Å². The molecule has 12 nitrogen and oxygen atoms in total. The largest absolute Gasteiger partial charge is 0.460 e. The molecular formula is C14H10N4O8. The van der Waals surface area contributed by atoms with Gasteiger partial charge in [0.1, 0.15) is 12.8 Å². The topological polar surface area (TPSA) is 169 Å². The number of non-ortho nitro benzene ring substituents is 1. The van der Waals surface area contributed by atoms with Crippen LogP contribution in [0, 0.1) is 30.3 Å². The van der Waals surface area contributed by atoms with E-state index in [1.54, 1.807) is 0 Å². The Balaban J connectivity index is 2.03. The van der Waals surface area contributed by atoms with Crippen LogP contribution in [0.2, 0.25) is 0 Å². The molecule has 2 aromatic rings. The van der Waals surface area contributed by atoms with Gasteiger partial charge in [-0.3, -0.25) is 40.1 Å². The van der Waals surface area contributed by atoms with Gasteiger partial charge >= 0.3 is 5.97 Å². The molecule has 0 aliphatic heterocycles. The van der Waals surface area contributed by atoms with Crippen LogP contribution < -0.4 is 0 Å². The first-order chi connectivity index (χ1) is 12.3. The minimum absolute atomic E-state index is 0.00870. The number of aromatic nitrogens is 1. The van der Waals surface area contributed by atoms with Gasteiger partial charge in [-0.05, 0) is 12.1 Å². The number of hydrogen-bond acceptors (Lipinski definition) is 9. The summed E-state index contributed by atoms with van der Waals surface area (Å²) in [6, 6.07) is 5.44. The molecule has 0 atom stereocenters. The summed E-state index contributed by atoms with van der Waals surface area (Å²) in [6.07, 6.45) is 0.697. The van der Waals surface area contributed by atoms with Crippen molar-refractivity contribution in [3.05, 3.63) is 78.1 Å². The Bertz CT molecular complexity index is 881. The Morgan fingerprint density at radius 3 is 2.15 bits per heavy atom. The lowest BCUT2D eigenvalue weighted by molar-refractivity contribution is -0.394. The Morgan fingerprint density at radius 2 is 1.62 bits per heavy atom. The smallest absolute Gasteiger partial charge is 0.312 e. The third-order valence-corrected chi connectivity index (χ3v) is 3.21. The molecule has 0 amide bonds. The van der Waals surface area contributed by atoms with Gasteiger partial charge in [0.25, 0.3) is 17.1 Å². The highest BCUT2D eigenvalue weighted by molar-refractivity contribution is 5.72. The maximum absolute atomic E-state index is 11.8. The van der Waals surface area contributed by atoms with Gasteiger partial charge in [-0.15, -0.1) is 0 Å². The first-order valence-electron chi connectivity index (χ1n) is 6.94. The van der Waals surface area contributed by atoms with Crippen molar-refractivity contribution in [2.45, 2.75) is 13.0 Å². The van der Waals surface area contributed by atoms with Gasteiger partial charge in [0, 0.05) is 12.1 Å². The number of carbonyl (C=O) groups is 1. The van der Waals surface area contributed by atoms with Crippen LogP contribution in [0.5, 0.6) is 0 Å². The summed E-state index contributed by atoms with van der Waals surface area (Å²) >= 11 is 0. The lowest BCUT2D eigenvalue weighted by Crippen LogP contribution is -2.10. The van der Waals surface area contributed by atoms with Crippen LogP contribution in [0.1, 0.15) is 11.3 Å². The highest BCUT2D eigenvalue weighted by Gasteiger charge is 2.20. The van der Waals surface area contributed by atoms with E-state index in [1.807, 2.05) is 0 Å². The number of carbonyl (C=O) groups excluding carboxylic acids is 1. The predicted octanol–water partition coefficient (Wildman–Crippen LogP) is 2.09. The predicted molar refractivity (Wildman–Crippen MR) is 84.1 cm³/mol. The molecule has 0 aliphatic rings. The number of nitro benzene ring substituents is 2. The van der Waals surface area contributed by atoms with Crippen molar-refractivity contribution >= 4 is 23.0 Å². The summed E-state index contributed by atoms with van der Waals surface area (Å²) in [7, 11) is 0. The number of esters is 1. The second-order valence-electron chi connectivity index (χ2n) is 4.93. The summed E-state index contributed by atoms with van der Waals surface area (Å²) in [5.74, 6) is -0.765. The average Bonchev–Trinajstić information content (AvgIpc) is 2.60. The van der Waals surface area contributed by atoms with Crippen molar-refractivity contribution in [3.8, 4) is 0 Å². The van der Waals surface area contributed by atoms with Crippen molar-refractivity contribution in [2.75, 3.05) is 0 Å². The number of rotatable bonds is 7. The van der Waals surface area contributed by atoms with E-state index in [9.17, 15) is 35.1 Å². The zero-order chi connectivity index (χ0) is 19.3. The van der Waals surface area contributed by atoms with Crippen LogP contribution in [0.15, 0.2) is 36.5 Å². The zero-order valence-electron chi connectivity index (χ0n) is 12.9.